The molecule has 3 aromatic rings. The summed E-state index contributed by atoms with van der Waals surface area (Å²) in [6.07, 6.45) is 7.06. The maximum Gasteiger partial charge on any atom is 0.257 e. The molecule has 2 aromatic heterocycles. The number of hydrogen-bond donors (Lipinski definition) is 1. The Morgan fingerprint density at radius 3 is 2.64 bits per heavy atom. The van der Waals surface area contributed by atoms with Gasteiger partial charge in [0.15, 0.2) is 0 Å². The molecule has 0 radical (unpaired) electrons. The van der Waals surface area contributed by atoms with Crippen molar-refractivity contribution in [2.75, 3.05) is 24.5 Å². The first-order chi connectivity index (χ1) is 15.8. The summed E-state index contributed by atoms with van der Waals surface area (Å²) >= 11 is 0. The topological polar surface area (TPSA) is 65.1 Å². The molecular formula is C25H29F2N5O. The maximum absolute atomic E-state index is 14.2. The molecule has 8 heteroatoms. The first-order valence-corrected chi connectivity index (χ1v) is 11.6. The molecule has 0 unspecified atom stereocenters. The number of aromatic nitrogens is 3. The van der Waals surface area contributed by atoms with Crippen molar-refractivity contribution in [1.82, 2.24) is 20.1 Å². The zero-order valence-corrected chi connectivity index (χ0v) is 19.0. The number of alkyl halides is 2. The van der Waals surface area contributed by atoms with Gasteiger partial charge in [-0.1, -0.05) is 12.1 Å². The average Bonchev–Trinajstić information content (AvgIpc) is 3.29. The van der Waals surface area contributed by atoms with Gasteiger partial charge in [0.1, 0.15) is 12.1 Å². The maximum atomic E-state index is 14.2. The Labute approximate surface area is 192 Å². The second kappa shape index (κ2) is 8.48. The number of pyridine rings is 1. The SMILES string of the molecule is C[C@@H]1Cc2c(ccc3[nH]ncc23)[C@@H](c2ccc(N3CCC(C=O)CC3)nc2)N1CC(C)(F)F. The molecule has 0 saturated carbocycles. The van der Waals surface area contributed by atoms with Crippen LogP contribution in [0.1, 0.15) is 49.4 Å². The van der Waals surface area contributed by atoms with Gasteiger partial charge in [-0.05, 0) is 55.0 Å². The number of benzene rings is 1. The summed E-state index contributed by atoms with van der Waals surface area (Å²) in [6.45, 7) is 4.27. The number of H-pyrrole nitrogens is 1. The highest BCUT2D eigenvalue weighted by molar-refractivity contribution is 5.83. The van der Waals surface area contributed by atoms with Crippen LogP contribution in [0, 0.1) is 5.92 Å². The fourth-order valence-corrected chi connectivity index (χ4v) is 5.37. The third-order valence-electron chi connectivity index (χ3n) is 7.07. The second-order valence-electron chi connectivity index (χ2n) is 9.57. The summed E-state index contributed by atoms with van der Waals surface area (Å²) in [7, 11) is 0. The molecule has 2 aliphatic rings. The van der Waals surface area contributed by atoms with Crippen LogP contribution in [0.25, 0.3) is 10.9 Å². The number of piperidine rings is 1. The average molecular weight is 454 g/mol. The summed E-state index contributed by atoms with van der Waals surface area (Å²) in [4.78, 5) is 19.9. The van der Waals surface area contributed by atoms with Gasteiger partial charge >= 0.3 is 0 Å². The fourth-order valence-electron chi connectivity index (χ4n) is 5.37. The highest BCUT2D eigenvalue weighted by Gasteiger charge is 2.39. The number of anilines is 1. The Hall–Kier alpha value is -2.87. The number of carbonyl (C=O) groups excluding carboxylic acids is 1. The van der Waals surface area contributed by atoms with Gasteiger partial charge in [-0.25, -0.2) is 13.8 Å². The molecule has 0 amide bonds. The molecule has 5 rings (SSSR count). The van der Waals surface area contributed by atoms with Crippen molar-refractivity contribution in [2.24, 2.45) is 5.92 Å². The van der Waals surface area contributed by atoms with Gasteiger partial charge in [0.25, 0.3) is 5.92 Å². The minimum Gasteiger partial charge on any atom is -0.357 e. The number of fused-ring (bicyclic) bond motifs is 3. The smallest absolute Gasteiger partial charge is 0.257 e. The Bertz CT molecular complexity index is 1130. The van der Waals surface area contributed by atoms with Crippen molar-refractivity contribution in [3.63, 3.8) is 0 Å². The van der Waals surface area contributed by atoms with Crippen molar-refractivity contribution in [2.45, 2.75) is 51.1 Å². The lowest BCUT2D eigenvalue weighted by Crippen LogP contribution is -2.47. The van der Waals surface area contributed by atoms with E-state index in [4.69, 9.17) is 4.98 Å². The molecule has 1 saturated heterocycles. The summed E-state index contributed by atoms with van der Waals surface area (Å²) in [5.74, 6) is -1.81. The van der Waals surface area contributed by atoms with Gasteiger partial charge in [0, 0.05) is 43.6 Å². The first kappa shape index (κ1) is 21.9. The normalized spacial score (nSPS) is 22.5. The molecular weight excluding hydrogens is 424 g/mol. The van der Waals surface area contributed by atoms with Gasteiger partial charge < -0.3 is 9.69 Å². The lowest BCUT2D eigenvalue weighted by atomic mass is 9.83. The Morgan fingerprint density at radius 1 is 1.18 bits per heavy atom. The van der Waals surface area contributed by atoms with E-state index in [1.807, 2.05) is 48.5 Å². The van der Waals surface area contributed by atoms with Crippen molar-refractivity contribution < 1.29 is 13.6 Å². The molecule has 2 aliphatic heterocycles. The third-order valence-corrected chi connectivity index (χ3v) is 7.07. The summed E-state index contributed by atoms with van der Waals surface area (Å²) in [6, 6.07) is 7.64. The van der Waals surface area contributed by atoms with Gasteiger partial charge in [-0.3, -0.25) is 10.00 Å². The zero-order valence-electron chi connectivity index (χ0n) is 19.0. The minimum absolute atomic E-state index is 0.0594. The quantitative estimate of drug-likeness (QED) is 0.582. The van der Waals surface area contributed by atoms with Crippen molar-refractivity contribution in [3.05, 3.63) is 53.3 Å². The van der Waals surface area contributed by atoms with E-state index in [1.54, 1.807) is 0 Å². The largest absolute Gasteiger partial charge is 0.357 e. The van der Waals surface area contributed by atoms with Crippen molar-refractivity contribution in [3.8, 4) is 0 Å². The number of hydrogen-bond acceptors (Lipinski definition) is 5. The van der Waals surface area contributed by atoms with E-state index in [9.17, 15) is 13.6 Å². The first-order valence-electron chi connectivity index (χ1n) is 11.6. The number of nitrogens with one attached hydrogen (secondary N) is 1. The van der Waals surface area contributed by atoms with E-state index in [2.05, 4.69) is 15.1 Å². The van der Waals surface area contributed by atoms with Gasteiger partial charge in [0.2, 0.25) is 0 Å². The molecule has 2 atom stereocenters. The molecule has 6 nitrogen and oxygen atoms in total. The lowest BCUT2D eigenvalue weighted by Gasteiger charge is -2.43. The number of aldehydes is 1. The Morgan fingerprint density at radius 2 is 1.97 bits per heavy atom. The standard InChI is InChI=1S/C25H29F2N5O/c1-16-11-20-19(4-5-22-21(20)13-29-30-22)24(32(16)15-25(2,26)27)18-3-6-23(28-12-18)31-9-7-17(14-33)8-10-31/h3-6,12-14,16-17,24H,7-11,15H2,1-2H3,(H,29,30)/t16-,24-/m1/s1. The van der Waals surface area contributed by atoms with Crippen molar-refractivity contribution >= 4 is 23.0 Å². The predicted octanol–water partition coefficient (Wildman–Crippen LogP) is 4.36. The molecule has 0 aliphatic carbocycles. The summed E-state index contributed by atoms with van der Waals surface area (Å²) < 4.78 is 28.4. The van der Waals surface area contributed by atoms with Gasteiger partial charge in [-0.2, -0.15) is 5.10 Å². The molecule has 4 heterocycles. The number of halogens is 2. The predicted molar refractivity (Wildman–Crippen MR) is 124 cm³/mol. The molecule has 33 heavy (non-hydrogen) atoms. The van der Waals surface area contributed by atoms with Gasteiger partial charge in [0.05, 0.1) is 24.3 Å². The third kappa shape index (κ3) is 4.24. The molecule has 1 N–H and O–H groups in total. The van der Waals surface area contributed by atoms with Crippen LogP contribution in [0.5, 0.6) is 0 Å². The number of aromatic amines is 1. The number of nitrogens with zero attached hydrogens (tertiary/aromatic N) is 4. The number of rotatable bonds is 5. The molecule has 1 aromatic carbocycles. The van der Waals surface area contributed by atoms with E-state index in [0.29, 0.717) is 6.42 Å². The van der Waals surface area contributed by atoms with Gasteiger partial charge in [-0.15, -0.1) is 0 Å². The van der Waals surface area contributed by atoms with Crippen LogP contribution >= 0.6 is 0 Å². The van der Waals surface area contributed by atoms with Crippen LogP contribution < -0.4 is 4.90 Å². The Balaban J connectivity index is 1.51. The lowest BCUT2D eigenvalue weighted by molar-refractivity contribution is -0.111. The van der Waals surface area contributed by atoms with Crippen LogP contribution in [0.2, 0.25) is 0 Å². The zero-order chi connectivity index (χ0) is 23.2. The van der Waals surface area contributed by atoms with E-state index >= 15 is 0 Å². The van der Waals surface area contributed by atoms with E-state index in [0.717, 1.165) is 72.6 Å². The van der Waals surface area contributed by atoms with Crippen LogP contribution in [0.15, 0.2) is 36.7 Å². The Kier molecular flexibility index (Phi) is 5.64. The summed E-state index contributed by atoms with van der Waals surface area (Å²) in [5, 5.41) is 8.25. The molecule has 0 spiro atoms. The van der Waals surface area contributed by atoms with E-state index in [1.165, 1.54) is 0 Å². The molecule has 174 valence electrons. The second-order valence-corrected chi connectivity index (χ2v) is 9.57. The van der Waals surface area contributed by atoms with Crippen LogP contribution in [0.4, 0.5) is 14.6 Å². The summed E-state index contributed by atoms with van der Waals surface area (Å²) in [5.41, 5.74) is 4.06. The molecule has 1 fully saturated rings. The highest BCUT2D eigenvalue weighted by atomic mass is 19.3. The highest BCUT2D eigenvalue weighted by Crippen LogP contribution is 2.41. The van der Waals surface area contributed by atoms with Crippen LogP contribution in [-0.2, 0) is 11.2 Å². The van der Waals surface area contributed by atoms with Crippen LogP contribution in [0.3, 0.4) is 0 Å². The minimum atomic E-state index is -2.81. The fraction of sp³-hybridized carbons (Fsp3) is 0.480. The molecule has 0 bridgehead atoms. The van der Waals surface area contributed by atoms with Crippen molar-refractivity contribution in [1.29, 1.82) is 0 Å². The number of carbonyl (C=O) groups is 1. The van der Waals surface area contributed by atoms with E-state index in [-0.39, 0.29) is 24.5 Å². The van der Waals surface area contributed by atoms with Crippen LogP contribution in [-0.4, -0.2) is 58.0 Å². The monoisotopic (exact) mass is 453 g/mol. The van der Waals surface area contributed by atoms with E-state index < -0.39 is 5.92 Å².